The van der Waals surface area contributed by atoms with Gasteiger partial charge in [0.2, 0.25) is 0 Å². The Morgan fingerprint density at radius 1 is 1.16 bits per heavy atom. The lowest BCUT2D eigenvalue weighted by atomic mass is 9.49. The number of ketones is 1. The summed E-state index contributed by atoms with van der Waals surface area (Å²) in [5.41, 5.74) is -0.00949. The number of Topliss-reactive ketones (excluding diaryl/α,β-unsaturated/α-hetero) is 1. The van der Waals surface area contributed by atoms with Crippen LogP contribution in [0.3, 0.4) is 0 Å². The Kier molecular flexibility index (Phi) is 4.93. The third-order valence-corrected chi connectivity index (χ3v) is 9.20. The van der Waals surface area contributed by atoms with Crippen molar-refractivity contribution in [1.82, 2.24) is 9.78 Å². The van der Waals surface area contributed by atoms with Gasteiger partial charge < -0.3 is 14.7 Å². The third kappa shape index (κ3) is 3.53. The molecule has 1 aliphatic heterocycles. The van der Waals surface area contributed by atoms with Crippen molar-refractivity contribution < 1.29 is 14.6 Å². The van der Waals surface area contributed by atoms with Crippen molar-refractivity contribution in [3.63, 3.8) is 0 Å². The summed E-state index contributed by atoms with van der Waals surface area (Å²) in [4.78, 5) is 15.9. The Balaban J connectivity index is 1.24. The highest BCUT2D eigenvalue weighted by molar-refractivity contribution is 6.36. The highest BCUT2D eigenvalue weighted by atomic mass is 35.5. The normalized spacial score (nSPS) is 37.4. The zero-order valence-electron chi connectivity index (χ0n) is 18.4. The average molecular weight is 448 g/mol. The number of anilines is 1. The minimum absolute atomic E-state index is 0.0824. The first kappa shape index (κ1) is 20.5. The van der Waals surface area contributed by atoms with Crippen molar-refractivity contribution in [1.29, 1.82) is 0 Å². The molecule has 6 fully saturated rings. The number of hydrogen-bond acceptors (Lipinski definition) is 5. The van der Waals surface area contributed by atoms with Gasteiger partial charge in [-0.05, 0) is 81.5 Å². The number of ether oxygens (including phenoxy) is 1. The molecule has 6 nitrogen and oxygen atoms in total. The van der Waals surface area contributed by atoms with Gasteiger partial charge in [0.1, 0.15) is 16.5 Å². The third-order valence-electron chi connectivity index (χ3n) is 8.85. The molecule has 1 N–H and O–H groups in total. The Morgan fingerprint density at radius 2 is 1.81 bits per heavy atom. The molecule has 0 radical (unpaired) electrons. The summed E-state index contributed by atoms with van der Waals surface area (Å²) in [6, 6.07) is 0.909. The number of carbonyl (C=O) groups excluding carboxylic acids is 1. The van der Waals surface area contributed by atoms with Gasteiger partial charge in [-0.2, -0.15) is 5.10 Å². The lowest BCUT2D eigenvalue weighted by molar-refractivity contribution is -0.151. The van der Waals surface area contributed by atoms with Crippen LogP contribution >= 0.6 is 11.6 Å². The summed E-state index contributed by atoms with van der Waals surface area (Å²) in [6.07, 6.45) is 9.95. The number of rotatable bonds is 6. The van der Waals surface area contributed by atoms with Gasteiger partial charge in [-0.25, -0.2) is 0 Å². The minimum atomic E-state index is -0.458. The van der Waals surface area contributed by atoms with Crippen LogP contribution in [0.1, 0.15) is 74.7 Å². The molecule has 2 atom stereocenters. The largest absolute Gasteiger partial charge is 0.390 e. The Bertz CT molecular complexity index is 860. The zero-order chi connectivity index (χ0) is 21.3. The van der Waals surface area contributed by atoms with E-state index in [1.54, 1.807) is 0 Å². The van der Waals surface area contributed by atoms with Gasteiger partial charge in [0, 0.05) is 38.8 Å². The predicted molar refractivity (Wildman–Crippen MR) is 119 cm³/mol. The second-order valence-corrected chi connectivity index (χ2v) is 11.5. The van der Waals surface area contributed by atoms with Gasteiger partial charge in [0.05, 0.1) is 5.60 Å². The fourth-order valence-corrected chi connectivity index (χ4v) is 8.00. The molecule has 6 aliphatic rings. The van der Waals surface area contributed by atoms with Crippen molar-refractivity contribution in [2.45, 2.75) is 81.9 Å². The van der Waals surface area contributed by atoms with Crippen molar-refractivity contribution in [2.75, 3.05) is 18.1 Å². The van der Waals surface area contributed by atoms with Crippen LogP contribution in [0.2, 0.25) is 5.02 Å². The molecule has 0 spiro atoms. The molecule has 1 aromatic heterocycles. The molecule has 0 amide bonds. The number of hydrogen-bond donors (Lipinski definition) is 1. The molecule has 170 valence electrons. The lowest BCUT2D eigenvalue weighted by Gasteiger charge is -2.58. The Morgan fingerprint density at radius 3 is 2.42 bits per heavy atom. The molecule has 1 aromatic rings. The first-order valence-electron chi connectivity index (χ1n) is 12.3. The number of aliphatic hydroxyl groups is 1. The fourth-order valence-electron chi connectivity index (χ4n) is 7.64. The van der Waals surface area contributed by atoms with E-state index in [4.69, 9.17) is 16.3 Å². The first-order valence-corrected chi connectivity index (χ1v) is 12.6. The highest BCUT2D eigenvalue weighted by Gasteiger charge is 2.55. The molecular formula is C24H34ClN3O3. The molecule has 2 heterocycles. The maximum atomic E-state index is 13.4. The first-order chi connectivity index (χ1) is 14.9. The van der Waals surface area contributed by atoms with Crippen molar-refractivity contribution in [3.05, 3.63) is 10.7 Å². The van der Waals surface area contributed by atoms with E-state index in [1.807, 2.05) is 11.7 Å². The summed E-state index contributed by atoms with van der Waals surface area (Å²) in [7, 11) is 1.92. The van der Waals surface area contributed by atoms with Crippen LogP contribution in [0, 0.1) is 23.7 Å². The second kappa shape index (κ2) is 7.46. The molecule has 5 aliphatic carbocycles. The monoisotopic (exact) mass is 447 g/mol. The number of carbonyl (C=O) groups is 1. The van der Waals surface area contributed by atoms with Crippen LogP contribution in [-0.4, -0.2) is 51.6 Å². The average Bonchev–Trinajstić information content (AvgIpc) is 3.51. The van der Waals surface area contributed by atoms with Gasteiger partial charge in [-0.15, -0.1) is 0 Å². The van der Waals surface area contributed by atoms with E-state index in [1.165, 1.54) is 25.7 Å². The van der Waals surface area contributed by atoms with Crippen LogP contribution in [0.25, 0.3) is 0 Å². The lowest BCUT2D eigenvalue weighted by Crippen LogP contribution is -2.54. The minimum Gasteiger partial charge on any atom is -0.390 e. The van der Waals surface area contributed by atoms with E-state index < -0.39 is 5.60 Å². The molecule has 1 saturated heterocycles. The Hall–Kier alpha value is -1.11. The van der Waals surface area contributed by atoms with Gasteiger partial charge in [0.25, 0.3) is 0 Å². The van der Waals surface area contributed by atoms with E-state index in [-0.39, 0.29) is 5.78 Å². The number of halogens is 1. The second-order valence-electron chi connectivity index (χ2n) is 11.1. The van der Waals surface area contributed by atoms with Crippen LogP contribution in [0.5, 0.6) is 0 Å². The van der Waals surface area contributed by atoms with Crippen LogP contribution < -0.4 is 4.90 Å². The number of aromatic nitrogens is 2. The molecule has 0 aromatic carbocycles. The SMILES string of the molecule is Cn1nc(C(=O)CC2C3CC4CC2CC(O)(C4)C3)c(Cl)c1N(C1CCOCC1)C1CC1. The summed E-state index contributed by atoms with van der Waals surface area (Å²) in [6.45, 7) is 1.57. The standard InChI is InChI=1S/C24H34ClN3O3/c1-27-23(28(17-2-3-17)18-4-6-31-7-5-18)21(25)22(26-27)20(29)10-19-15-8-14-9-16(19)13-24(30,11-14)12-15/h14-19,30H,2-13H2,1H3. The number of nitrogens with zero attached hydrogens (tertiary/aromatic N) is 3. The quantitative estimate of drug-likeness (QED) is 0.668. The smallest absolute Gasteiger partial charge is 0.184 e. The summed E-state index contributed by atoms with van der Waals surface area (Å²) < 4.78 is 7.41. The molecule has 5 saturated carbocycles. The predicted octanol–water partition coefficient (Wildman–Crippen LogP) is 3.98. The zero-order valence-corrected chi connectivity index (χ0v) is 19.2. The molecule has 4 bridgehead atoms. The molecule has 31 heavy (non-hydrogen) atoms. The summed E-state index contributed by atoms with van der Waals surface area (Å²) in [5, 5.41) is 16.0. The van der Waals surface area contributed by atoms with Gasteiger partial charge in [-0.1, -0.05) is 11.6 Å². The molecule has 7 rings (SSSR count). The molecule has 2 unspecified atom stereocenters. The summed E-state index contributed by atoms with van der Waals surface area (Å²) >= 11 is 6.88. The van der Waals surface area contributed by atoms with Gasteiger partial charge in [0.15, 0.2) is 5.78 Å². The van der Waals surface area contributed by atoms with E-state index in [9.17, 15) is 9.90 Å². The van der Waals surface area contributed by atoms with Crippen molar-refractivity contribution >= 4 is 23.2 Å². The summed E-state index contributed by atoms with van der Waals surface area (Å²) in [5.74, 6) is 2.99. The fraction of sp³-hybridized carbons (Fsp3) is 0.833. The van der Waals surface area contributed by atoms with Crippen LogP contribution in [0.15, 0.2) is 0 Å². The molecule has 7 heteroatoms. The number of aryl methyl sites for hydroxylation is 1. The van der Waals surface area contributed by atoms with E-state index in [0.29, 0.717) is 52.9 Å². The van der Waals surface area contributed by atoms with Crippen molar-refractivity contribution in [2.24, 2.45) is 30.7 Å². The molecular weight excluding hydrogens is 414 g/mol. The van der Waals surface area contributed by atoms with Crippen LogP contribution in [-0.2, 0) is 11.8 Å². The highest BCUT2D eigenvalue weighted by Crippen LogP contribution is 2.59. The van der Waals surface area contributed by atoms with Crippen LogP contribution in [0.4, 0.5) is 5.82 Å². The maximum absolute atomic E-state index is 13.4. The van der Waals surface area contributed by atoms with E-state index in [0.717, 1.165) is 51.1 Å². The van der Waals surface area contributed by atoms with Crippen molar-refractivity contribution in [3.8, 4) is 0 Å². The topological polar surface area (TPSA) is 67.6 Å². The Labute approximate surface area is 189 Å². The van der Waals surface area contributed by atoms with E-state index >= 15 is 0 Å². The maximum Gasteiger partial charge on any atom is 0.184 e. The van der Waals surface area contributed by atoms with E-state index in [2.05, 4.69) is 10.00 Å². The van der Waals surface area contributed by atoms with Gasteiger partial charge in [-0.3, -0.25) is 9.48 Å². The van der Waals surface area contributed by atoms with Gasteiger partial charge >= 0.3 is 0 Å².